The molecule has 0 spiro atoms. The van der Waals surface area contributed by atoms with Crippen molar-refractivity contribution in [3.05, 3.63) is 17.5 Å². The number of sulfone groups is 1. The lowest BCUT2D eigenvalue weighted by Gasteiger charge is -2.36. The van der Waals surface area contributed by atoms with Crippen LogP contribution in [-0.4, -0.2) is 72.0 Å². The van der Waals surface area contributed by atoms with Crippen molar-refractivity contribution in [1.29, 1.82) is 0 Å². The number of aromatic amines is 1. The fraction of sp³-hybridized carbons (Fsp3) is 0.750. The van der Waals surface area contributed by atoms with Crippen molar-refractivity contribution in [2.45, 2.75) is 38.8 Å². The first-order valence-corrected chi connectivity index (χ1v) is 10.4. The summed E-state index contributed by atoms with van der Waals surface area (Å²) in [5, 5.41) is 6.89. The molecule has 2 aliphatic heterocycles. The Morgan fingerprint density at radius 1 is 1.38 bits per heavy atom. The van der Waals surface area contributed by atoms with Gasteiger partial charge in [0.1, 0.15) is 0 Å². The molecule has 2 fully saturated rings. The number of hydrogen-bond donors (Lipinski definition) is 1. The van der Waals surface area contributed by atoms with Gasteiger partial charge >= 0.3 is 0 Å². The minimum absolute atomic E-state index is 0.0384. The number of H-pyrrole nitrogens is 1. The van der Waals surface area contributed by atoms with Crippen molar-refractivity contribution in [2.24, 2.45) is 5.92 Å². The van der Waals surface area contributed by atoms with Crippen molar-refractivity contribution in [1.82, 2.24) is 20.0 Å². The van der Waals surface area contributed by atoms with Crippen molar-refractivity contribution in [2.75, 3.05) is 31.6 Å². The fourth-order valence-corrected chi connectivity index (χ4v) is 5.52. The number of piperidine rings is 1. The van der Waals surface area contributed by atoms with E-state index in [1.807, 2.05) is 14.0 Å². The number of aromatic nitrogens is 2. The summed E-state index contributed by atoms with van der Waals surface area (Å²) in [4.78, 5) is 16.7. The average molecular weight is 354 g/mol. The molecule has 7 nitrogen and oxygen atoms in total. The number of aryl methyl sites for hydroxylation is 1. The van der Waals surface area contributed by atoms with Crippen LogP contribution in [0.3, 0.4) is 0 Å². The number of likely N-dealkylation sites (tertiary alicyclic amines) is 1. The lowest BCUT2D eigenvalue weighted by atomic mass is 9.94. The highest BCUT2D eigenvalue weighted by Crippen LogP contribution is 2.25. The normalized spacial score (nSPS) is 25.0. The van der Waals surface area contributed by atoms with Crippen LogP contribution >= 0.6 is 0 Å². The lowest BCUT2D eigenvalue weighted by Crippen LogP contribution is -2.45. The number of nitrogens with one attached hydrogen (secondary N) is 1. The maximum absolute atomic E-state index is 12.6. The van der Waals surface area contributed by atoms with Crippen LogP contribution in [0.15, 0.2) is 6.20 Å². The van der Waals surface area contributed by atoms with Crippen LogP contribution in [0.2, 0.25) is 0 Å². The minimum Gasteiger partial charge on any atom is -0.341 e. The molecule has 0 saturated carbocycles. The van der Waals surface area contributed by atoms with Gasteiger partial charge in [-0.1, -0.05) is 0 Å². The molecule has 1 N–H and O–H groups in total. The Hall–Kier alpha value is -1.41. The Morgan fingerprint density at radius 2 is 2.08 bits per heavy atom. The highest BCUT2D eigenvalue weighted by Gasteiger charge is 2.35. The second kappa shape index (κ2) is 6.84. The van der Waals surface area contributed by atoms with Gasteiger partial charge in [0.2, 0.25) is 5.91 Å². The third-order valence-corrected chi connectivity index (χ3v) is 7.07. The monoisotopic (exact) mass is 354 g/mol. The second-order valence-corrected chi connectivity index (χ2v) is 9.31. The number of carbonyl (C=O) groups is 1. The highest BCUT2D eigenvalue weighted by atomic mass is 32.2. The van der Waals surface area contributed by atoms with Gasteiger partial charge in [-0.3, -0.25) is 14.8 Å². The zero-order valence-corrected chi connectivity index (χ0v) is 15.2. The number of carbonyl (C=O) groups excluding carboxylic acids is 1. The first-order valence-electron chi connectivity index (χ1n) is 8.54. The molecule has 0 radical (unpaired) electrons. The van der Waals surface area contributed by atoms with E-state index < -0.39 is 9.84 Å². The van der Waals surface area contributed by atoms with Gasteiger partial charge < -0.3 is 4.90 Å². The molecule has 8 heteroatoms. The number of hydrogen-bond acceptors (Lipinski definition) is 5. The maximum Gasteiger partial charge on any atom is 0.225 e. The third-order valence-electron chi connectivity index (χ3n) is 5.32. The Kier molecular flexibility index (Phi) is 4.96. The molecule has 0 bridgehead atoms. The van der Waals surface area contributed by atoms with Crippen LogP contribution in [0, 0.1) is 12.8 Å². The summed E-state index contributed by atoms with van der Waals surface area (Å²) in [6.07, 6.45) is 4.12. The maximum atomic E-state index is 12.6. The summed E-state index contributed by atoms with van der Waals surface area (Å²) in [5.74, 6) is 0.806. The summed E-state index contributed by atoms with van der Waals surface area (Å²) >= 11 is 0. The molecular formula is C16H26N4O3S. The van der Waals surface area contributed by atoms with Gasteiger partial charge in [0.05, 0.1) is 17.7 Å². The molecule has 24 heavy (non-hydrogen) atoms. The predicted molar refractivity (Wildman–Crippen MR) is 91.2 cm³/mol. The quantitative estimate of drug-likeness (QED) is 0.854. The van der Waals surface area contributed by atoms with Gasteiger partial charge in [0.25, 0.3) is 0 Å². The molecule has 0 aliphatic carbocycles. The van der Waals surface area contributed by atoms with E-state index in [2.05, 4.69) is 15.1 Å². The van der Waals surface area contributed by atoms with Gasteiger partial charge in [-0.15, -0.1) is 0 Å². The molecule has 2 saturated heterocycles. The predicted octanol–water partition coefficient (Wildman–Crippen LogP) is 0.576. The van der Waals surface area contributed by atoms with Crippen LogP contribution in [0.5, 0.6) is 0 Å². The summed E-state index contributed by atoms with van der Waals surface area (Å²) in [6, 6.07) is 0.150. The van der Waals surface area contributed by atoms with Gasteiger partial charge in [-0.2, -0.15) is 5.10 Å². The number of nitrogens with zero attached hydrogens (tertiary/aromatic N) is 3. The number of rotatable bonds is 4. The summed E-state index contributed by atoms with van der Waals surface area (Å²) in [6.45, 7) is 4.15. The van der Waals surface area contributed by atoms with Crippen molar-refractivity contribution in [3.8, 4) is 0 Å². The number of amides is 1. The largest absolute Gasteiger partial charge is 0.341 e. The van der Waals surface area contributed by atoms with Gasteiger partial charge in [-0.05, 0) is 39.3 Å². The lowest BCUT2D eigenvalue weighted by molar-refractivity contribution is -0.136. The molecular weight excluding hydrogens is 328 g/mol. The van der Waals surface area contributed by atoms with Crippen LogP contribution in [0.1, 0.15) is 30.5 Å². The zero-order chi connectivity index (χ0) is 17.3. The Balaban J connectivity index is 1.51. The first kappa shape index (κ1) is 17.4. The van der Waals surface area contributed by atoms with Gasteiger partial charge in [0.15, 0.2) is 9.84 Å². The van der Waals surface area contributed by atoms with Crippen LogP contribution in [-0.2, 0) is 21.2 Å². The molecule has 0 aromatic carbocycles. The topological polar surface area (TPSA) is 86.4 Å². The molecule has 1 unspecified atom stereocenters. The average Bonchev–Trinajstić information content (AvgIpc) is 3.12. The summed E-state index contributed by atoms with van der Waals surface area (Å²) in [5.41, 5.74) is 2.03. The van der Waals surface area contributed by atoms with E-state index in [0.717, 1.165) is 43.6 Å². The Labute approximate surface area is 143 Å². The van der Waals surface area contributed by atoms with E-state index in [-0.39, 0.29) is 23.6 Å². The summed E-state index contributed by atoms with van der Waals surface area (Å²) < 4.78 is 23.3. The molecule has 134 valence electrons. The van der Waals surface area contributed by atoms with E-state index in [1.54, 1.807) is 11.1 Å². The van der Waals surface area contributed by atoms with Crippen molar-refractivity contribution in [3.63, 3.8) is 0 Å². The standard InChI is InChI=1S/C16H26N4O3S/c1-12-14(9-17-18-12)10-19(2)16(21)13-3-6-20(7-4-13)15-5-8-24(22,23)11-15/h9,13,15H,3-8,10-11H2,1-2H3,(H,17,18). The molecule has 1 atom stereocenters. The molecule has 2 aliphatic rings. The van der Waals surface area contributed by atoms with E-state index in [4.69, 9.17) is 0 Å². The van der Waals surface area contributed by atoms with Gasteiger partial charge in [-0.25, -0.2) is 8.42 Å². The van der Waals surface area contributed by atoms with E-state index in [0.29, 0.717) is 12.3 Å². The van der Waals surface area contributed by atoms with Crippen molar-refractivity contribution >= 4 is 15.7 Å². The van der Waals surface area contributed by atoms with E-state index in [9.17, 15) is 13.2 Å². The fourth-order valence-electron chi connectivity index (χ4n) is 3.76. The Bertz CT molecular complexity index is 692. The molecule has 1 aromatic rings. The van der Waals surface area contributed by atoms with E-state index in [1.165, 1.54) is 0 Å². The first-order chi connectivity index (χ1) is 11.4. The van der Waals surface area contributed by atoms with Crippen LogP contribution in [0.4, 0.5) is 0 Å². The zero-order valence-electron chi connectivity index (χ0n) is 14.4. The van der Waals surface area contributed by atoms with Gasteiger partial charge in [0, 0.05) is 36.8 Å². The van der Waals surface area contributed by atoms with Crippen LogP contribution in [0.25, 0.3) is 0 Å². The molecule has 3 rings (SSSR count). The molecule has 3 heterocycles. The second-order valence-electron chi connectivity index (χ2n) is 7.08. The third kappa shape index (κ3) is 3.80. The van der Waals surface area contributed by atoms with Crippen LogP contribution < -0.4 is 0 Å². The highest BCUT2D eigenvalue weighted by molar-refractivity contribution is 7.91. The summed E-state index contributed by atoms with van der Waals surface area (Å²) in [7, 11) is -1.01. The minimum atomic E-state index is -2.85. The van der Waals surface area contributed by atoms with Crippen molar-refractivity contribution < 1.29 is 13.2 Å². The molecule has 1 aromatic heterocycles. The Morgan fingerprint density at radius 3 is 2.62 bits per heavy atom. The SMILES string of the molecule is Cc1[nH]ncc1CN(C)C(=O)C1CCN(C2CCS(=O)(=O)C2)CC1. The molecule has 1 amide bonds. The smallest absolute Gasteiger partial charge is 0.225 e. The van der Waals surface area contributed by atoms with E-state index >= 15 is 0 Å².